The third-order valence-electron chi connectivity index (χ3n) is 7.75. The van der Waals surface area contributed by atoms with Crippen molar-refractivity contribution in [2.45, 2.75) is 44.1 Å². The second kappa shape index (κ2) is 10.0. The van der Waals surface area contributed by atoms with Gasteiger partial charge < -0.3 is 10.1 Å². The number of hydrazine groups is 1. The highest BCUT2D eigenvalue weighted by atomic mass is 16.5. The molecule has 1 aliphatic carbocycles. The molecule has 2 N–H and O–H groups in total. The standard InChI is InChI=1S/C26H32N8O2/c27-15-18-6-7-22-20(14-18)23(26(35)30-22)24-21-16-33(19-4-1-2-5-19)31-25(21)28-17-34(24)29-8-3-9-32-10-12-36-13-11-32/h6-7,14,17,19,23,29H,1-5,8-13,16H2,(H,30,35). The molecule has 1 aromatic carbocycles. The molecule has 0 radical (unpaired) electrons. The molecule has 0 spiro atoms. The lowest BCUT2D eigenvalue weighted by atomic mass is 9.91. The molecular formula is C26H32N8O2. The van der Waals surface area contributed by atoms with Gasteiger partial charge in [0.25, 0.3) is 0 Å². The number of rotatable bonds is 7. The molecule has 1 unspecified atom stereocenters. The van der Waals surface area contributed by atoms with Gasteiger partial charge in [-0.15, -0.1) is 0 Å². The number of ether oxygens (including phenoxy) is 1. The van der Waals surface area contributed by atoms with Crippen LogP contribution in [0.2, 0.25) is 0 Å². The maximum Gasteiger partial charge on any atom is 0.238 e. The average molecular weight is 489 g/mol. The summed E-state index contributed by atoms with van der Waals surface area (Å²) in [6.07, 6.45) is 7.47. The minimum absolute atomic E-state index is 0.0864. The summed E-state index contributed by atoms with van der Waals surface area (Å²) in [6, 6.07) is 8.03. The Kier molecular flexibility index (Phi) is 6.44. The normalized spacial score (nSPS) is 24.1. The van der Waals surface area contributed by atoms with Gasteiger partial charge in [0.15, 0.2) is 5.84 Å². The zero-order valence-electron chi connectivity index (χ0n) is 20.4. The fourth-order valence-electron chi connectivity index (χ4n) is 5.85. The van der Waals surface area contributed by atoms with E-state index in [0.29, 0.717) is 24.0 Å². The van der Waals surface area contributed by atoms with Crippen molar-refractivity contribution in [2.24, 2.45) is 10.1 Å². The monoisotopic (exact) mass is 488 g/mol. The van der Waals surface area contributed by atoms with E-state index in [1.54, 1.807) is 12.4 Å². The number of anilines is 1. The maximum atomic E-state index is 13.3. The van der Waals surface area contributed by atoms with Crippen molar-refractivity contribution >= 4 is 23.8 Å². The topological polar surface area (TPSA) is 109 Å². The van der Waals surface area contributed by atoms with Crippen molar-refractivity contribution in [1.82, 2.24) is 20.3 Å². The predicted octanol–water partition coefficient (Wildman–Crippen LogP) is 1.99. The molecule has 1 aromatic rings. The summed E-state index contributed by atoms with van der Waals surface area (Å²) in [6.45, 7) is 5.92. The summed E-state index contributed by atoms with van der Waals surface area (Å²) >= 11 is 0. The zero-order valence-corrected chi connectivity index (χ0v) is 20.4. The van der Waals surface area contributed by atoms with E-state index in [1.807, 2.05) is 17.1 Å². The Morgan fingerprint density at radius 1 is 1.22 bits per heavy atom. The Hall–Kier alpha value is -3.26. The first kappa shape index (κ1) is 23.2. The number of morpholine rings is 1. The van der Waals surface area contributed by atoms with Crippen molar-refractivity contribution in [3.05, 3.63) is 40.6 Å². The highest BCUT2D eigenvalue weighted by Gasteiger charge is 2.42. The van der Waals surface area contributed by atoms with E-state index in [1.165, 1.54) is 12.8 Å². The first-order valence-corrected chi connectivity index (χ1v) is 13.0. The van der Waals surface area contributed by atoms with Gasteiger partial charge in [0.2, 0.25) is 5.91 Å². The van der Waals surface area contributed by atoms with Gasteiger partial charge in [-0.25, -0.2) is 10.4 Å². The molecule has 188 valence electrons. The molecule has 0 bridgehead atoms. The molecule has 36 heavy (non-hydrogen) atoms. The van der Waals surface area contributed by atoms with Crippen molar-refractivity contribution in [3.63, 3.8) is 0 Å². The molecule has 1 atom stereocenters. The SMILES string of the molecule is N#Cc1ccc2c(c1)C(C1=C3CN(C4CCCC4)N=C3N=CN1NCCCN1CCOCC1)C(=O)N2. The van der Waals surface area contributed by atoms with Crippen LogP contribution in [0.5, 0.6) is 0 Å². The molecule has 1 saturated carbocycles. The number of carbonyl (C=O) groups is 1. The first-order valence-electron chi connectivity index (χ1n) is 13.0. The highest BCUT2D eigenvalue weighted by Crippen LogP contribution is 2.42. The largest absolute Gasteiger partial charge is 0.379 e. The minimum Gasteiger partial charge on any atom is -0.379 e. The minimum atomic E-state index is -0.532. The zero-order chi connectivity index (χ0) is 24.5. The molecule has 4 aliphatic heterocycles. The van der Waals surface area contributed by atoms with Crippen molar-refractivity contribution in [3.8, 4) is 6.07 Å². The second-order valence-corrected chi connectivity index (χ2v) is 9.99. The van der Waals surface area contributed by atoms with Crippen LogP contribution >= 0.6 is 0 Å². The van der Waals surface area contributed by atoms with Gasteiger partial charge in [-0.2, -0.15) is 10.4 Å². The Morgan fingerprint density at radius 2 is 2.06 bits per heavy atom. The highest BCUT2D eigenvalue weighted by molar-refractivity contribution is 6.11. The average Bonchev–Trinajstić information content (AvgIpc) is 3.65. The molecule has 10 heteroatoms. The van der Waals surface area contributed by atoms with Gasteiger partial charge >= 0.3 is 0 Å². The van der Waals surface area contributed by atoms with Gasteiger partial charge in [-0.3, -0.25) is 19.7 Å². The Balaban J connectivity index is 1.27. The lowest BCUT2D eigenvalue weighted by Crippen LogP contribution is -2.44. The third-order valence-corrected chi connectivity index (χ3v) is 7.75. The van der Waals surface area contributed by atoms with Gasteiger partial charge in [-0.05, 0) is 49.6 Å². The van der Waals surface area contributed by atoms with Crippen molar-refractivity contribution < 1.29 is 9.53 Å². The number of nitrogens with one attached hydrogen (secondary N) is 2. The molecule has 2 fully saturated rings. The fraction of sp³-hybridized carbons (Fsp3) is 0.538. The van der Waals surface area contributed by atoms with Crippen LogP contribution in [0.3, 0.4) is 0 Å². The van der Waals surface area contributed by atoms with Crippen LogP contribution in [-0.2, 0) is 9.53 Å². The van der Waals surface area contributed by atoms with Crippen LogP contribution in [-0.4, -0.2) is 85.0 Å². The quantitative estimate of drug-likeness (QED) is 0.565. The smallest absolute Gasteiger partial charge is 0.238 e. The molecular weight excluding hydrogens is 456 g/mol. The second-order valence-electron chi connectivity index (χ2n) is 9.99. The van der Waals surface area contributed by atoms with Gasteiger partial charge in [0.05, 0.1) is 37.1 Å². The summed E-state index contributed by atoms with van der Waals surface area (Å²) in [5.41, 5.74) is 7.50. The number of hydrazone groups is 1. The van der Waals surface area contributed by atoms with Gasteiger partial charge in [0.1, 0.15) is 12.3 Å². The number of amidine groups is 1. The summed E-state index contributed by atoms with van der Waals surface area (Å²) < 4.78 is 5.45. The summed E-state index contributed by atoms with van der Waals surface area (Å²) in [5, 5.41) is 21.5. The molecule has 5 aliphatic rings. The van der Waals surface area contributed by atoms with Crippen molar-refractivity contribution in [2.75, 3.05) is 51.3 Å². The van der Waals surface area contributed by atoms with Crippen LogP contribution in [0.15, 0.2) is 39.6 Å². The number of benzene rings is 1. The van der Waals surface area contributed by atoms with Crippen LogP contribution in [0.4, 0.5) is 5.69 Å². The third kappa shape index (κ3) is 4.39. The van der Waals surface area contributed by atoms with E-state index in [-0.39, 0.29) is 5.91 Å². The van der Waals surface area contributed by atoms with Crippen LogP contribution in [0.25, 0.3) is 0 Å². The Morgan fingerprint density at radius 3 is 2.86 bits per heavy atom. The maximum absolute atomic E-state index is 13.3. The first-order chi connectivity index (χ1) is 17.7. The van der Waals surface area contributed by atoms with E-state index >= 15 is 0 Å². The van der Waals surface area contributed by atoms with Crippen LogP contribution in [0, 0.1) is 11.3 Å². The number of hydrogen-bond acceptors (Lipinski definition) is 9. The number of amides is 1. The molecule has 1 saturated heterocycles. The van der Waals surface area contributed by atoms with Crippen molar-refractivity contribution in [1.29, 1.82) is 5.26 Å². The van der Waals surface area contributed by atoms with Crippen LogP contribution < -0.4 is 10.7 Å². The molecule has 0 aromatic heterocycles. The van der Waals surface area contributed by atoms with Crippen LogP contribution in [0.1, 0.15) is 49.1 Å². The van der Waals surface area contributed by atoms with Gasteiger partial charge in [0, 0.05) is 36.9 Å². The number of nitrogens with zero attached hydrogens (tertiary/aromatic N) is 6. The van der Waals surface area contributed by atoms with Gasteiger partial charge in [-0.1, -0.05) is 12.8 Å². The summed E-state index contributed by atoms with van der Waals surface area (Å²) in [7, 11) is 0. The molecule has 6 rings (SSSR count). The molecule has 10 nitrogen and oxygen atoms in total. The predicted molar refractivity (Wildman–Crippen MR) is 136 cm³/mol. The number of hydrogen-bond donors (Lipinski definition) is 2. The van der Waals surface area contributed by atoms with E-state index < -0.39 is 5.92 Å². The number of aliphatic imine (C=N–C) groups is 1. The number of nitriles is 1. The Labute approximate surface area is 211 Å². The lowest BCUT2D eigenvalue weighted by Gasteiger charge is -2.32. The lowest BCUT2D eigenvalue weighted by molar-refractivity contribution is -0.116. The Bertz CT molecular complexity index is 1160. The van der Waals surface area contributed by atoms with E-state index in [0.717, 1.165) is 81.2 Å². The van der Waals surface area contributed by atoms with E-state index in [4.69, 9.17) is 9.84 Å². The van der Waals surface area contributed by atoms with E-state index in [2.05, 4.69) is 31.7 Å². The summed E-state index contributed by atoms with van der Waals surface area (Å²) in [4.78, 5) is 20.4. The van der Waals surface area contributed by atoms with E-state index in [9.17, 15) is 10.1 Å². The molecule has 1 amide bonds. The number of fused-ring (bicyclic) bond motifs is 2. The number of carbonyl (C=O) groups excluding carboxylic acids is 1. The fourth-order valence-corrected chi connectivity index (χ4v) is 5.85. The molecule has 4 heterocycles. The summed E-state index contributed by atoms with van der Waals surface area (Å²) in [5.74, 6) is 0.0770.